The zero-order valence-electron chi connectivity index (χ0n) is 2.13. The molecule has 0 heterocycles. The molecule has 0 spiro atoms. The van der Waals surface area contributed by atoms with Gasteiger partial charge in [0.1, 0.15) is 0 Å². The summed E-state index contributed by atoms with van der Waals surface area (Å²) in [4.78, 5) is 0. The SMILES string of the molecule is O.[Cr+3].[Cr+3].[O-2].[O-2]. The Morgan fingerprint density at radius 2 is 0.600 bits per heavy atom. The third-order valence-electron chi connectivity index (χ3n) is 0. The molecule has 0 atom stereocenters. The maximum Gasteiger partial charge on any atom is 3.00 e. The smallest absolute Gasteiger partial charge is 2.00 e. The predicted molar refractivity (Wildman–Crippen MR) is 4.99 cm³/mol. The van der Waals surface area contributed by atoms with Gasteiger partial charge in [-0.2, -0.15) is 0 Å². The second-order valence-electron chi connectivity index (χ2n) is 0. The molecule has 2 N–H and O–H groups in total. The molecule has 3 nitrogen and oxygen atoms in total. The van der Waals surface area contributed by atoms with Crippen LogP contribution >= 0.6 is 0 Å². The van der Waals surface area contributed by atoms with Crippen molar-refractivity contribution in [2.75, 3.05) is 0 Å². The maximum absolute atomic E-state index is 0. The summed E-state index contributed by atoms with van der Waals surface area (Å²) >= 11 is 0. The van der Waals surface area contributed by atoms with E-state index in [0.29, 0.717) is 0 Å². The van der Waals surface area contributed by atoms with Gasteiger partial charge < -0.3 is 16.4 Å². The van der Waals surface area contributed by atoms with Crippen LogP contribution in [0.4, 0.5) is 0 Å². The fourth-order valence-electron chi connectivity index (χ4n) is 0. The van der Waals surface area contributed by atoms with E-state index >= 15 is 0 Å². The first-order chi connectivity index (χ1) is 0. The van der Waals surface area contributed by atoms with E-state index in [2.05, 4.69) is 0 Å². The summed E-state index contributed by atoms with van der Waals surface area (Å²) in [5.74, 6) is 0. The Morgan fingerprint density at radius 3 is 0.600 bits per heavy atom. The molecule has 0 aromatic rings. The van der Waals surface area contributed by atoms with Gasteiger partial charge in [-0.3, -0.25) is 0 Å². The molecule has 30 valence electrons. The summed E-state index contributed by atoms with van der Waals surface area (Å²) in [5.41, 5.74) is 0. The number of hydrogen-bond acceptors (Lipinski definition) is 0. The van der Waals surface area contributed by atoms with E-state index in [1.54, 1.807) is 0 Å². The first-order valence-electron chi connectivity index (χ1n) is 0. The standard InChI is InChI=1S/2Cr.H2O.2O/h;;1H2;;/q2*+3;;2*-2. The maximum atomic E-state index is 0. The summed E-state index contributed by atoms with van der Waals surface area (Å²) in [6, 6.07) is 0. The van der Waals surface area contributed by atoms with E-state index in [9.17, 15) is 0 Å². The Bertz CT molecular complexity index is 4.85. The van der Waals surface area contributed by atoms with Gasteiger partial charge in [0.05, 0.1) is 0 Å². The summed E-state index contributed by atoms with van der Waals surface area (Å²) in [5, 5.41) is 0. The van der Waals surface area contributed by atoms with Gasteiger partial charge in [0.15, 0.2) is 0 Å². The largest absolute Gasteiger partial charge is 3.00 e. The second-order valence-corrected chi connectivity index (χ2v) is 0. The van der Waals surface area contributed by atoms with Gasteiger partial charge in [-0.25, -0.2) is 0 Å². The number of hydrogen-bond donors (Lipinski definition) is 0. The molecular formula is H2Cr2O3+2. The summed E-state index contributed by atoms with van der Waals surface area (Å²) in [6.07, 6.45) is 0. The van der Waals surface area contributed by atoms with Gasteiger partial charge in [0, 0.05) is 0 Å². The summed E-state index contributed by atoms with van der Waals surface area (Å²) in [7, 11) is 0. The van der Waals surface area contributed by atoms with Gasteiger partial charge in [-0.15, -0.1) is 0 Å². The molecule has 0 aliphatic heterocycles. The average molecular weight is 154 g/mol. The summed E-state index contributed by atoms with van der Waals surface area (Å²) in [6.45, 7) is 0. The molecule has 0 fully saturated rings. The molecule has 5 heteroatoms. The minimum atomic E-state index is 0. The van der Waals surface area contributed by atoms with Crippen molar-refractivity contribution in [1.29, 1.82) is 0 Å². The Balaban J connectivity index is 0. The van der Waals surface area contributed by atoms with Crippen molar-refractivity contribution in [2.24, 2.45) is 0 Å². The Hall–Kier alpha value is 0.945. The van der Waals surface area contributed by atoms with Crippen molar-refractivity contribution >= 4 is 0 Å². The van der Waals surface area contributed by atoms with Crippen LogP contribution in [-0.2, 0) is 45.7 Å². The van der Waals surface area contributed by atoms with E-state index in [4.69, 9.17) is 0 Å². The minimum absolute atomic E-state index is 0. The van der Waals surface area contributed by atoms with Crippen molar-refractivity contribution in [3.8, 4) is 0 Å². The zero-order chi connectivity index (χ0) is 0. The molecule has 0 saturated carbocycles. The molecule has 0 aromatic heterocycles. The molecule has 0 bridgehead atoms. The molecule has 0 aliphatic carbocycles. The van der Waals surface area contributed by atoms with E-state index < -0.39 is 0 Å². The van der Waals surface area contributed by atoms with Crippen molar-refractivity contribution in [3.63, 3.8) is 0 Å². The third-order valence-corrected chi connectivity index (χ3v) is 0. The molecule has 2 radical (unpaired) electrons. The van der Waals surface area contributed by atoms with Crippen molar-refractivity contribution in [3.05, 3.63) is 0 Å². The van der Waals surface area contributed by atoms with Gasteiger partial charge in [0.2, 0.25) is 0 Å². The van der Waals surface area contributed by atoms with E-state index in [-0.39, 0.29) is 51.2 Å². The molecule has 0 amide bonds. The molecule has 0 unspecified atom stereocenters. The van der Waals surface area contributed by atoms with Gasteiger partial charge in [-0.05, 0) is 0 Å². The van der Waals surface area contributed by atoms with Crippen molar-refractivity contribution < 1.29 is 51.2 Å². The van der Waals surface area contributed by atoms with Crippen LogP contribution in [0, 0.1) is 0 Å². The van der Waals surface area contributed by atoms with Crippen LogP contribution in [0.15, 0.2) is 0 Å². The topological polar surface area (TPSA) is 88.5 Å². The molecule has 0 aliphatic rings. The van der Waals surface area contributed by atoms with Crippen molar-refractivity contribution in [2.45, 2.75) is 0 Å². The van der Waals surface area contributed by atoms with Gasteiger partial charge in [0.25, 0.3) is 0 Å². The minimum Gasteiger partial charge on any atom is -2.00 e. The van der Waals surface area contributed by atoms with Gasteiger partial charge >= 0.3 is 34.7 Å². The Labute approximate surface area is 51.6 Å². The predicted octanol–water partition coefficient (Wildman–Crippen LogP) is -1.07. The molecule has 0 saturated heterocycles. The fraction of sp³-hybridized carbons (Fsp3) is 0. The fourth-order valence-corrected chi connectivity index (χ4v) is 0. The van der Waals surface area contributed by atoms with Crippen LogP contribution in [0.5, 0.6) is 0 Å². The van der Waals surface area contributed by atoms with Crippen LogP contribution < -0.4 is 0 Å². The van der Waals surface area contributed by atoms with E-state index in [0.717, 1.165) is 0 Å². The first-order valence-corrected chi connectivity index (χ1v) is 0. The molecular weight excluding hydrogens is 152 g/mol. The normalized spacial score (nSPS) is 0. The van der Waals surface area contributed by atoms with Crippen LogP contribution in [0.1, 0.15) is 0 Å². The van der Waals surface area contributed by atoms with E-state index in [1.807, 2.05) is 0 Å². The second kappa shape index (κ2) is 86.2. The average Bonchev–Trinajstić information content (AvgIpc) is 0. The summed E-state index contributed by atoms with van der Waals surface area (Å²) < 4.78 is 0. The van der Waals surface area contributed by atoms with Crippen LogP contribution in [0.2, 0.25) is 0 Å². The van der Waals surface area contributed by atoms with Crippen LogP contribution in [0.3, 0.4) is 0 Å². The zero-order valence-corrected chi connectivity index (χ0v) is 4.68. The Kier molecular flexibility index (Phi) is 2810. The number of rotatable bonds is 0. The monoisotopic (exact) mass is 154 g/mol. The third kappa shape index (κ3) is 48.0. The van der Waals surface area contributed by atoms with E-state index in [1.165, 1.54) is 0 Å². The van der Waals surface area contributed by atoms with Crippen LogP contribution in [-0.4, -0.2) is 5.48 Å². The van der Waals surface area contributed by atoms with Crippen molar-refractivity contribution in [1.82, 2.24) is 0 Å². The van der Waals surface area contributed by atoms with Gasteiger partial charge in [-0.1, -0.05) is 0 Å². The first kappa shape index (κ1) is 163. The Morgan fingerprint density at radius 1 is 0.600 bits per heavy atom. The van der Waals surface area contributed by atoms with Crippen LogP contribution in [0.25, 0.3) is 0 Å². The molecule has 0 aromatic carbocycles. The molecule has 0 rings (SSSR count). The quantitative estimate of drug-likeness (QED) is 0.425. The molecule has 5 heavy (non-hydrogen) atoms.